The van der Waals surface area contributed by atoms with Crippen molar-refractivity contribution < 1.29 is 32.6 Å². The topological polar surface area (TPSA) is 195 Å². The Labute approximate surface area is 237 Å². The molecule has 0 amide bonds. The quantitative estimate of drug-likeness (QED) is 0.0905. The molecule has 15 heteroatoms. The van der Waals surface area contributed by atoms with Crippen LogP contribution in [0.3, 0.4) is 0 Å². The number of aromatic nitrogens is 2. The molecular formula is C26H35N5O9S. The van der Waals surface area contributed by atoms with E-state index < -0.39 is 26.6 Å². The van der Waals surface area contributed by atoms with Crippen LogP contribution in [0.15, 0.2) is 34.0 Å². The van der Waals surface area contributed by atoms with E-state index in [2.05, 4.69) is 14.8 Å². The first-order chi connectivity index (χ1) is 19.5. The molecule has 224 valence electrons. The number of aromatic amines is 1. The molecule has 0 bridgehead atoms. The molecule has 1 saturated heterocycles. The minimum atomic E-state index is -3.83. The number of carbonyl (C=O) groups excluding carboxylic acids is 1. The molecule has 3 rings (SSSR count). The van der Waals surface area contributed by atoms with Crippen LogP contribution in [0.25, 0.3) is 11.4 Å². The molecule has 14 nitrogen and oxygen atoms in total. The Morgan fingerprint density at radius 3 is 2.63 bits per heavy atom. The van der Waals surface area contributed by atoms with E-state index in [-0.39, 0.29) is 54.1 Å². The van der Waals surface area contributed by atoms with Gasteiger partial charge < -0.3 is 24.7 Å². The van der Waals surface area contributed by atoms with Gasteiger partial charge in [0.2, 0.25) is 10.0 Å². The van der Waals surface area contributed by atoms with Gasteiger partial charge in [0.05, 0.1) is 41.7 Å². The molecule has 0 aliphatic carbocycles. The summed E-state index contributed by atoms with van der Waals surface area (Å²) in [5, 5.41) is 17.4. The maximum Gasteiger partial charge on any atom is 0.305 e. The number of hydrogen-bond acceptors (Lipinski definition) is 11. The fraction of sp³-hybridized carbons (Fsp3) is 0.538. The number of nitrogens with zero attached hydrogens (tertiary/aromatic N) is 3. The number of carbonyl (C=O) groups is 1. The predicted octanol–water partition coefficient (Wildman–Crippen LogP) is 2.94. The first-order valence-corrected chi connectivity index (χ1v) is 14.9. The van der Waals surface area contributed by atoms with Crippen molar-refractivity contribution in [2.75, 3.05) is 32.9 Å². The molecule has 2 aromatic rings. The molecule has 0 radical (unpaired) electrons. The highest BCUT2D eigenvalue weighted by Crippen LogP contribution is 2.34. The van der Waals surface area contributed by atoms with Gasteiger partial charge in [0.1, 0.15) is 11.6 Å². The van der Waals surface area contributed by atoms with Gasteiger partial charge in [-0.25, -0.2) is 13.4 Å². The molecule has 1 aromatic carbocycles. The molecule has 41 heavy (non-hydrogen) atoms. The van der Waals surface area contributed by atoms with Crippen molar-refractivity contribution in [1.29, 1.82) is 5.41 Å². The summed E-state index contributed by atoms with van der Waals surface area (Å²) in [6.45, 7) is 4.66. The molecule has 0 atom stereocenters. The fourth-order valence-electron chi connectivity index (χ4n) is 4.29. The average molecular weight is 594 g/mol. The maximum atomic E-state index is 13.4. The molecule has 1 aliphatic rings. The number of nitrogens with one attached hydrogen (secondary N) is 2. The van der Waals surface area contributed by atoms with Crippen LogP contribution in [0.2, 0.25) is 0 Å². The summed E-state index contributed by atoms with van der Waals surface area (Å²) >= 11 is 0. The lowest BCUT2D eigenvalue weighted by atomic mass is 9.98. The minimum absolute atomic E-state index is 0.0162. The van der Waals surface area contributed by atoms with E-state index >= 15 is 0 Å². The van der Waals surface area contributed by atoms with Gasteiger partial charge in [-0.05, 0) is 56.7 Å². The summed E-state index contributed by atoms with van der Waals surface area (Å²) in [6.07, 6.45) is 2.59. The van der Waals surface area contributed by atoms with Gasteiger partial charge in [-0.2, -0.15) is 4.31 Å². The van der Waals surface area contributed by atoms with E-state index in [4.69, 9.17) is 14.9 Å². The summed E-state index contributed by atoms with van der Waals surface area (Å²) in [5.74, 6) is 0.119. The Morgan fingerprint density at radius 2 is 1.95 bits per heavy atom. The van der Waals surface area contributed by atoms with Crippen LogP contribution in [-0.4, -0.2) is 72.4 Å². The molecule has 0 unspecified atom stereocenters. The monoisotopic (exact) mass is 593 g/mol. The lowest BCUT2D eigenvalue weighted by Crippen LogP contribution is -2.49. The SMILES string of the molecule is CCCC(=N)c1cc(=O)[nH]c(-c2cc(S(=O)(=O)N3CC(CCCOC(=O)CCCO[N+](=O)[O-])C3)ccc2OCC)n1. The number of esters is 1. The van der Waals surface area contributed by atoms with Crippen molar-refractivity contribution in [3.63, 3.8) is 0 Å². The molecule has 1 aliphatic heterocycles. The first-order valence-electron chi connectivity index (χ1n) is 13.4. The van der Waals surface area contributed by atoms with Gasteiger partial charge in [0.25, 0.3) is 10.6 Å². The second-order valence-electron chi connectivity index (χ2n) is 9.51. The summed E-state index contributed by atoms with van der Waals surface area (Å²) in [5.41, 5.74) is 0.286. The summed E-state index contributed by atoms with van der Waals surface area (Å²) in [7, 11) is -3.83. The van der Waals surface area contributed by atoms with E-state index in [1.54, 1.807) is 6.92 Å². The molecular weight excluding hydrogens is 558 g/mol. The van der Waals surface area contributed by atoms with E-state index in [1.165, 1.54) is 28.6 Å². The van der Waals surface area contributed by atoms with E-state index in [1.807, 2.05) is 6.92 Å². The highest BCUT2D eigenvalue weighted by atomic mass is 32.2. The molecule has 1 aromatic heterocycles. The van der Waals surface area contributed by atoms with Gasteiger partial charge in [-0.1, -0.05) is 13.3 Å². The molecule has 2 N–H and O–H groups in total. The smallest absolute Gasteiger partial charge is 0.305 e. The van der Waals surface area contributed by atoms with Gasteiger partial charge in [0, 0.05) is 25.6 Å². The normalized spacial score (nSPS) is 13.8. The lowest BCUT2D eigenvalue weighted by molar-refractivity contribution is -0.757. The third kappa shape index (κ3) is 8.82. The summed E-state index contributed by atoms with van der Waals surface area (Å²) in [4.78, 5) is 45.4. The van der Waals surface area contributed by atoms with Crippen molar-refractivity contribution in [3.05, 3.63) is 50.4 Å². The van der Waals surface area contributed by atoms with Crippen LogP contribution in [0.4, 0.5) is 0 Å². The second kappa shape index (κ2) is 14.7. The zero-order valence-corrected chi connectivity index (χ0v) is 23.9. The molecule has 0 spiro atoms. The van der Waals surface area contributed by atoms with Gasteiger partial charge >= 0.3 is 5.97 Å². The Hall–Kier alpha value is -3.85. The number of benzene rings is 1. The Bertz CT molecular complexity index is 1400. The fourth-order valence-corrected chi connectivity index (χ4v) is 5.91. The second-order valence-corrected chi connectivity index (χ2v) is 11.4. The third-order valence-corrected chi connectivity index (χ3v) is 8.19. The lowest BCUT2D eigenvalue weighted by Gasteiger charge is -2.38. The van der Waals surface area contributed by atoms with Crippen molar-refractivity contribution >= 4 is 21.7 Å². The van der Waals surface area contributed by atoms with Crippen LogP contribution < -0.4 is 10.3 Å². The van der Waals surface area contributed by atoms with Crippen LogP contribution in [0.5, 0.6) is 5.75 Å². The number of ether oxygens (including phenoxy) is 2. The van der Waals surface area contributed by atoms with Crippen LogP contribution in [0, 0.1) is 21.4 Å². The largest absolute Gasteiger partial charge is 0.493 e. The minimum Gasteiger partial charge on any atom is -0.493 e. The van der Waals surface area contributed by atoms with Crippen molar-refractivity contribution in [2.24, 2.45) is 5.92 Å². The third-order valence-electron chi connectivity index (χ3n) is 6.36. The molecule has 0 saturated carbocycles. The van der Waals surface area contributed by atoms with Crippen LogP contribution in [0.1, 0.15) is 58.1 Å². The van der Waals surface area contributed by atoms with E-state index in [0.717, 1.165) is 0 Å². The molecule has 2 heterocycles. The van der Waals surface area contributed by atoms with Crippen LogP contribution in [-0.2, 0) is 24.4 Å². The molecule has 1 fully saturated rings. The summed E-state index contributed by atoms with van der Waals surface area (Å²) < 4.78 is 38.9. The number of H-pyrrole nitrogens is 1. The number of sulfonamides is 1. The van der Waals surface area contributed by atoms with Gasteiger partial charge in [-0.15, -0.1) is 10.1 Å². The van der Waals surface area contributed by atoms with E-state index in [9.17, 15) is 28.1 Å². The van der Waals surface area contributed by atoms with E-state index in [0.29, 0.717) is 56.7 Å². The Kier molecular flexibility index (Phi) is 11.3. The standard InChI is InChI=1S/C26H35N5O9S/c1-3-7-21(27)22-15-24(32)29-26(28-22)20-14-19(10-11-23(20)38-4-2)41(36,37)30-16-18(17-30)8-5-12-39-25(33)9-6-13-40-31(34)35/h10-11,14-15,18,27H,3-9,12-13,16-17H2,1-2H3,(H,28,29,32). The maximum absolute atomic E-state index is 13.4. The zero-order valence-electron chi connectivity index (χ0n) is 23.1. The number of rotatable bonds is 17. The average Bonchev–Trinajstić information content (AvgIpc) is 2.89. The highest BCUT2D eigenvalue weighted by Gasteiger charge is 2.36. The Balaban J connectivity index is 1.61. The Morgan fingerprint density at radius 1 is 1.20 bits per heavy atom. The number of hydrogen-bond donors (Lipinski definition) is 2. The van der Waals surface area contributed by atoms with Crippen molar-refractivity contribution in [3.8, 4) is 17.1 Å². The van der Waals surface area contributed by atoms with Gasteiger partial charge in [0.15, 0.2) is 0 Å². The first kappa shape index (κ1) is 31.7. The van der Waals surface area contributed by atoms with Gasteiger partial charge in [-0.3, -0.25) is 9.59 Å². The van der Waals surface area contributed by atoms with Crippen LogP contribution >= 0.6 is 0 Å². The van der Waals surface area contributed by atoms with Crippen molar-refractivity contribution in [2.45, 2.75) is 57.3 Å². The zero-order chi connectivity index (χ0) is 30.0. The van der Waals surface area contributed by atoms with Crippen molar-refractivity contribution in [1.82, 2.24) is 14.3 Å². The summed E-state index contributed by atoms with van der Waals surface area (Å²) in [6, 6.07) is 5.66. The predicted molar refractivity (Wildman–Crippen MR) is 148 cm³/mol. The highest BCUT2D eigenvalue weighted by molar-refractivity contribution is 7.89.